The van der Waals surface area contributed by atoms with Crippen LogP contribution in [0.3, 0.4) is 0 Å². The molecule has 1 aromatic carbocycles. The predicted octanol–water partition coefficient (Wildman–Crippen LogP) is 4.15. The third-order valence-corrected chi connectivity index (χ3v) is 4.48. The van der Waals surface area contributed by atoms with E-state index in [0.717, 1.165) is 30.5 Å². The summed E-state index contributed by atoms with van der Waals surface area (Å²) in [5.41, 5.74) is 3.97. The van der Waals surface area contributed by atoms with Gasteiger partial charge in [-0.15, -0.1) is 0 Å². The van der Waals surface area contributed by atoms with Gasteiger partial charge in [0.2, 0.25) is 0 Å². The van der Waals surface area contributed by atoms with Crippen LogP contribution in [0.1, 0.15) is 12.8 Å². The molecule has 1 aliphatic carbocycles. The molecule has 8 heteroatoms. The largest absolute Gasteiger partial charge is 0.350 e. The molecule has 1 atom stereocenters. The fraction of sp³-hybridized carbons (Fsp3) is 0.417. The monoisotopic (exact) mass is 351 g/mol. The SMILES string of the molecule is O=C1N(SC(Cl)(Cl)Cl)NC(C2CC2)N1c1ccccc1. The number of hydrogen-bond acceptors (Lipinski definition) is 3. The second-order valence-electron chi connectivity index (χ2n) is 4.73. The van der Waals surface area contributed by atoms with Crippen LogP contribution in [0.25, 0.3) is 0 Å². The van der Waals surface area contributed by atoms with Crippen molar-refractivity contribution in [3.8, 4) is 0 Å². The van der Waals surface area contributed by atoms with Crippen molar-refractivity contribution in [2.45, 2.75) is 22.1 Å². The number of halogens is 3. The number of nitrogens with one attached hydrogen (secondary N) is 1. The molecule has 108 valence electrons. The van der Waals surface area contributed by atoms with Crippen molar-refractivity contribution in [1.29, 1.82) is 0 Å². The summed E-state index contributed by atoms with van der Waals surface area (Å²) in [6.45, 7) is 0. The summed E-state index contributed by atoms with van der Waals surface area (Å²) < 4.78 is -0.271. The molecule has 1 aromatic rings. The summed E-state index contributed by atoms with van der Waals surface area (Å²) in [7, 11) is 0. The van der Waals surface area contributed by atoms with E-state index in [9.17, 15) is 4.79 Å². The first-order valence-electron chi connectivity index (χ1n) is 6.16. The number of urea groups is 1. The van der Waals surface area contributed by atoms with Crippen LogP contribution in [0.2, 0.25) is 0 Å². The number of alkyl halides is 3. The Morgan fingerprint density at radius 2 is 1.85 bits per heavy atom. The molecule has 1 unspecified atom stereocenters. The van der Waals surface area contributed by atoms with E-state index in [4.69, 9.17) is 34.8 Å². The molecule has 20 heavy (non-hydrogen) atoms. The van der Waals surface area contributed by atoms with Crippen LogP contribution in [0.15, 0.2) is 30.3 Å². The van der Waals surface area contributed by atoms with Crippen molar-refractivity contribution in [2.75, 3.05) is 4.90 Å². The normalized spacial score (nSPS) is 23.6. The van der Waals surface area contributed by atoms with E-state index in [1.807, 2.05) is 30.3 Å². The minimum absolute atomic E-state index is 0.0789. The van der Waals surface area contributed by atoms with Crippen LogP contribution in [0.5, 0.6) is 0 Å². The maximum atomic E-state index is 12.5. The van der Waals surface area contributed by atoms with Crippen LogP contribution in [0.4, 0.5) is 10.5 Å². The van der Waals surface area contributed by atoms with Gasteiger partial charge in [0.1, 0.15) is 6.17 Å². The van der Waals surface area contributed by atoms with Gasteiger partial charge in [-0.2, -0.15) is 9.84 Å². The molecule has 3 rings (SSSR count). The lowest BCUT2D eigenvalue weighted by Crippen LogP contribution is -2.39. The Morgan fingerprint density at radius 1 is 1.20 bits per heavy atom. The molecule has 1 saturated heterocycles. The minimum atomic E-state index is -1.58. The molecule has 1 N–H and O–H groups in total. The van der Waals surface area contributed by atoms with E-state index < -0.39 is 3.12 Å². The van der Waals surface area contributed by atoms with Crippen LogP contribution in [-0.2, 0) is 0 Å². The summed E-state index contributed by atoms with van der Waals surface area (Å²) in [6.07, 6.45) is 2.12. The van der Waals surface area contributed by atoms with Gasteiger partial charge in [-0.25, -0.2) is 4.79 Å². The fourth-order valence-electron chi connectivity index (χ4n) is 2.21. The summed E-state index contributed by atoms with van der Waals surface area (Å²) in [5, 5.41) is 0. The first-order valence-corrected chi connectivity index (χ1v) is 8.07. The Labute approximate surface area is 136 Å². The highest BCUT2D eigenvalue weighted by atomic mass is 35.6. The maximum absolute atomic E-state index is 12.5. The minimum Gasteiger partial charge on any atom is -0.275 e. The van der Waals surface area contributed by atoms with Crippen LogP contribution in [0, 0.1) is 5.92 Å². The molecule has 1 aliphatic heterocycles. The Bertz CT molecular complexity index is 506. The predicted molar refractivity (Wildman–Crippen MR) is 83.7 cm³/mol. The number of para-hydroxylation sites is 1. The number of rotatable bonds is 3. The van der Waals surface area contributed by atoms with E-state index in [-0.39, 0.29) is 12.2 Å². The molecule has 4 nitrogen and oxygen atoms in total. The van der Waals surface area contributed by atoms with Crippen molar-refractivity contribution in [1.82, 2.24) is 9.84 Å². The van der Waals surface area contributed by atoms with Gasteiger partial charge in [-0.3, -0.25) is 4.90 Å². The molecule has 1 saturated carbocycles. The lowest BCUT2D eigenvalue weighted by atomic mass is 10.2. The molecular weight excluding hydrogens is 341 g/mol. The number of benzene rings is 1. The van der Waals surface area contributed by atoms with Crippen molar-refractivity contribution in [3.05, 3.63) is 30.3 Å². The number of carbonyl (C=O) groups is 1. The van der Waals surface area contributed by atoms with Crippen LogP contribution >= 0.6 is 46.8 Å². The van der Waals surface area contributed by atoms with Gasteiger partial charge in [0, 0.05) is 17.6 Å². The smallest absolute Gasteiger partial charge is 0.275 e. The standard InChI is InChI=1S/C12H12Cl3N3OS/c13-12(14,15)20-18-11(19)17(9-4-2-1-3-5-9)10(16-18)8-6-7-8/h1-5,8,10,16H,6-7H2. The number of anilines is 1. The van der Waals surface area contributed by atoms with E-state index in [2.05, 4.69) is 5.43 Å². The Hall–Kier alpha value is -0.330. The zero-order chi connectivity index (χ0) is 14.3. The quantitative estimate of drug-likeness (QED) is 0.656. The van der Waals surface area contributed by atoms with Crippen LogP contribution < -0.4 is 10.3 Å². The van der Waals surface area contributed by atoms with Gasteiger partial charge in [0.15, 0.2) is 0 Å². The van der Waals surface area contributed by atoms with Crippen molar-refractivity contribution >= 4 is 58.5 Å². The average Bonchev–Trinajstić information content (AvgIpc) is 3.16. The molecule has 2 fully saturated rings. The molecule has 0 aromatic heterocycles. The van der Waals surface area contributed by atoms with Crippen molar-refractivity contribution < 1.29 is 4.79 Å². The van der Waals surface area contributed by atoms with Gasteiger partial charge in [0.05, 0.1) is 0 Å². The van der Waals surface area contributed by atoms with Gasteiger partial charge in [0.25, 0.3) is 3.12 Å². The molecule has 0 spiro atoms. The maximum Gasteiger partial charge on any atom is 0.350 e. The van der Waals surface area contributed by atoms with Gasteiger partial charge in [-0.05, 0) is 30.9 Å². The first kappa shape index (κ1) is 14.6. The Kier molecular flexibility index (Phi) is 3.99. The number of hydrogen-bond donors (Lipinski definition) is 1. The highest BCUT2D eigenvalue weighted by Crippen LogP contribution is 2.45. The highest BCUT2D eigenvalue weighted by Gasteiger charge is 2.48. The lowest BCUT2D eigenvalue weighted by molar-refractivity contribution is 0.236. The van der Waals surface area contributed by atoms with Gasteiger partial charge < -0.3 is 0 Å². The average molecular weight is 353 g/mol. The third kappa shape index (κ3) is 3.12. The van der Waals surface area contributed by atoms with E-state index in [0.29, 0.717) is 5.92 Å². The molecule has 0 radical (unpaired) electrons. The van der Waals surface area contributed by atoms with Crippen LogP contribution in [-0.4, -0.2) is 19.7 Å². The second-order valence-corrected chi connectivity index (χ2v) is 8.84. The first-order chi connectivity index (χ1) is 9.46. The number of amides is 2. The summed E-state index contributed by atoms with van der Waals surface area (Å²) in [6, 6.07) is 9.30. The summed E-state index contributed by atoms with van der Waals surface area (Å²) in [4.78, 5) is 14.2. The highest BCUT2D eigenvalue weighted by molar-refractivity contribution is 8.03. The van der Waals surface area contributed by atoms with Crippen molar-refractivity contribution in [2.24, 2.45) is 5.92 Å². The van der Waals surface area contributed by atoms with Gasteiger partial charge in [-0.1, -0.05) is 53.0 Å². The third-order valence-electron chi connectivity index (χ3n) is 3.21. The van der Waals surface area contributed by atoms with Crippen molar-refractivity contribution in [3.63, 3.8) is 0 Å². The zero-order valence-corrected chi connectivity index (χ0v) is 13.4. The summed E-state index contributed by atoms with van der Waals surface area (Å²) in [5.74, 6) is 0.445. The number of carbonyl (C=O) groups excluding carboxylic acids is 1. The molecule has 2 amide bonds. The number of nitrogens with zero attached hydrogens (tertiary/aromatic N) is 2. The number of hydrazine groups is 1. The molecular formula is C12H12Cl3N3OS. The van der Waals surface area contributed by atoms with Gasteiger partial charge >= 0.3 is 6.03 Å². The molecule has 1 heterocycles. The summed E-state index contributed by atoms with van der Waals surface area (Å²) >= 11 is 18.1. The topological polar surface area (TPSA) is 35.6 Å². The van der Waals surface area contributed by atoms with E-state index in [1.54, 1.807) is 4.90 Å². The zero-order valence-electron chi connectivity index (χ0n) is 10.3. The second kappa shape index (κ2) is 5.46. The fourth-order valence-corrected chi connectivity index (χ4v) is 3.36. The lowest BCUT2D eigenvalue weighted by Gasteiger charge is -2.21. The Balaban J connectivity index is 1.85. The molecule has 2 aliphatic rings. The van der Waals surface area contributed by atoms with E-state index >= 15 is 0 Å². The molecule has 0 bridgehead atoms. The Morgan fingerprint density at radius 3 is 2.40 bits per heavy atom. The van der Waals surface area contributed by atoms with E-state index in [1.165, 1.54) is 4.41 Å².